The van der Waals surface area contributed by atoms with Gasteiger partial charge in [-0.2, -0.15) is 0 Å². The second-order valence-electron chi connectivity index (χ2n) is 5.78. The first kappa shape index (κ1) is 18.7. The molecule has 0 aliphatic heterocycles. The van der Waals surface area contributed by atoms with Crippen LogP contribution in [0.25, 0.3) is 0 Å². The first-order valence-corrected chi connectivity index (χ1v) is 8.02. The minimum absolute atomic E-state index is 0.312. The third-order valence-corrected chi connectivity index (χ3v) is 3.43. The standard InChI is InChI=1S/C15H32N2OS/c1-5-7-8-10-15(3,4)13-17-14(19)16-11-9-12-18-6-2/h5-13H2,1-4H3,(H2,16,17,19). The van der Waals surface area contributed by atoms with Gasteiger partial charge < -0.3 is 15.4 Å². The van der Waals surface area contributed by atoms with Crippen molar-refractivity contribution in [1.82, 2.24) is 10.6 Å². The Kier molecular flexibility index (Phi) is 11.3. The number of nitrogens with one attached hydrogen (secondary N) is 2. The summed E-state index contributed by atoms with van der Waals surface area (Å²) in [5.41, 5.74) is 0.312. The van der Waals surface area contributed by atoms with Crippen molar-refractivity contribution in [3.8, 4) is 0 Å². The highest BCUT2D eigenvalue weighted by Crippen LogP contribution is 2.22. The Hall–Kier alpha value is -0.350. The Labute approximate surface area is 124 Å². The number of hydrogen-bond donors (Lipinski definition) is 2. The summed E-state index contributed by atoms with van der Waals surface area (Å²) in [6.07, 6.45) is 6.16. The van der Waals surface area contributed by atoms with Crippen LogP contribution >= 0.6 is 12.2 Å². The third-order valence-electron chi connectivity index (χ3n) is 3.14. The average Bonchev–Trinajstić information content (AvgIpc) is 2.36. The Bertz CT molecular complexity index is 232. The van der Waals surface area contributed by atoms with Gasteiger partial charge in [-0.25, -0.2) is 0 Å². The molecule has 0 spiro atoms. The highest BCUT2D eigenvalue weighted by Gasteiger charge is 2.17. The fourth-order valence-corrected chi connectivity index (χ4v) is 2.02. The van der Waals surface area contributed by atoms with Gasteiger partial charge >= 0.3 is 0 Å². The van der Waals surface area contributed by atoms with Gasteiger partial charge in [-0.3, -0.25) is 0 Å². The van der Waals surface area contributed by atoms with Crippen LogP contribution in [-0.2, 0) is 4.74 Å². The zero-order valence-electron chi connectivity index (χ0n) is 13.2. The molecule has 0 aliphatic carbocycles. The second-order valence-corrected chi connectivity index (χ2v) is 6.19. The Morgan fingerprint density at radius 1 is 1.11 bits per heavy atom. The quantitative estimate of drug-likeness (QED) is 0.450. The molecule has 0 radical (unpaired) electrons. The fraction of sp³-hybridized carbons (Fsp3) is 0.933. The minimum atomic E-state index is 0.312. The number of unbranched alkanes of at least 4 members (excludes halogenated alkanes) is 2. The molecular weight excluding hydrogens is 256 g/mol. The number of ether oxygens (including phenoxy) is 1. The van der Waals surface area contributed by atoms with E-state index in [4.69, 9.17) is 17.0 Å². The highest BCUT2D eigenvalue weighted by molar-refractivity contribution is 7.80. The van der Waals surface area contributed by atoms with E-state index in [-0.39, 0.29) is 0 Å². The van der Waals surface area contributed by atoms with Gasteiger partial charge in [-0.15, -0.1) is 0 Å². The zero-order valence-corrected chi connectivity index (χ0v) is 14.0. The molecule has 4 heteroatoms. The molecule has 0 heterocycles. The fourth-order valence-electron chi connectivity index (χ4n) is 1.84. The maximum absolute atomic E-state index is 5.28. The molecule has 0 aromatic carbocycles. The molecule has 0 fully saturated rings. The summed E-state index contributed by atoms with van der Waals surface area (Å²) in [6.45, 7) is 12.3. The lowest BCUT2D eigenvalue weighted by Crippen LogP contribution is -2.41. The van der Waals surface area contributed by atoms with Crippen molar-refractivity contribution >= 4 is 17.3 Å². The zero-order chi connectivity index (χ0) is 14.6. The van der Waals surface area contributed by atoms with E-state index in [0.29, 0.717) is 5.41 Å². The smallest absolute Gasteiger partial charge is 0.166 e. The monoisotopic (exact) mass is 288 g/mol. The minimum Gasteiger partial charge on any atom is -0.382 e. The topological polar surface area (TPSA) is 33.3 Å². The Balaban J connectivity index is 3.59. The van der Waals surface area contributed by atoms with Crippen LogP contribution < -0.4 is 10.6 Å². The molecule has 0 atom stereocenters. The van der Waals surface area contributed by atoms with Gasteiger partial charge in [0, 0.05) is 26.3 Å². The summed E-state index contributed by atoms with van der Waals surface area (Å²) in [5.74, 6) is 0. The van der Waals surface area contributed by atoms with E-state index in [2.05, 4.69) is 31.4 Å². The van der Waals surface area contributed by atoms with E-state index in [9.17, 15) is 0 Å². The van der Waals surface area contributed by atoms with Crippen molar-refractivity contribution in [3.05, 3.63) is 0 Å². The predicted molar refractivity (Wildman–Crippen MR) is 87.6 cm³/mol. The molecule has 0 rings (SSSR count). The maximum Gasteiger partial charge on any atom is 0.166 e. The van der Waals surface area contributed by atoms with Gasteiger partial charge in [0.05, 0.1) is 0 Å². The van der Waals surface area contributed by atoms with Crippen LogP contribution in [0.15, 0.2) is 0 Å². The molecule has 3 nitrogen and oxygen atoms in total. The van der Waals surface area contributed by atoms with Crippen LogP contribution in [0.1, 0.15) is 59.8 Å². The molecule has 2 N–H and O–H groups in total. The first-order valence-electron chi connectivity index (χ1n) is 7.61. The predicted octanol–water partition coefficient (Wildman–Crippen LogP) is 3.48. The molecule has 0 bridgehead atoms. The van der Waals surface area contributed by atoms with Crippen LogP contribution in [0.3, 0.4) is 0 Å². The van der Waals surface area contributed by atoms with Crippen LogP contribution in [0.5, 0.6) is 0 Å². The molecule has 0 saturated heterocycles. The normalized spacial score (nSPS) is 11.4. The Morgan fingerprint density at radius 2 is 1.84 bits per heavy atom. The molecule has 0 saturated carbocycles. The summed E-state index contributed by atoms with van der Waals surface area (Å²) in [4.78, 5) is 0. The summed E-state index contributed by atoms with van der Waals surface area (Å²) in [7, 11) is 0. The second kappa shape index (κ2) is 11.5. The largest absolute Gasteiger partial charge is 0.382 e. The van der Waals surface area contributed by atoms with E-state index in [1.165, 1.54) is 25.7 Å². The molecular formula is C15H32N2OS. The lowest BCUT2D eigenvalue weighted by atomic mass is 9.87. The van der Waals surface area contributed by atoms with Crippen LogP contribution in [0, 0.1) is 5.41 Å². The average molecular weight is 289 g/mol. The van der Waals surface area contributed by atoms with Gasteiger partial charge in [0.15, 0.2) is 5.11 Å². The van der Waals surface area contributed by atoms with Gasteiger partial charge in [0.2, 0.25) is 0 Å². The molecule has 0 aromatic rings. The summed E-state index contributed by atoms with van der Waals surface area (Å²) < 4.78 is 5.28. The van der Waals surface area contributed by atoms with Crippen molar-refractivity contribution in [3.63, 3.8) is 0 Å². The van der Waals surface area contributed by atoms with Crippen molar-refractivity contribution in [2.75, 3.05) is 26.3 Å². The van der Waals surface area contributed by atoms with Gasteiger partial charge in [-0.1, -0.05) is 40.0 Å². The van der Waals surface area contributed by atoms with Crippen molar-refractivity contribution in [1.29, 1.82) is 0 Å². The summed E-state index contributed by atoms with van der Waals surface area (Å²) >= 11 is 5.27. The third kappa shape index (κ3) is 12.4. The van der Waals surface area contributed by atoms with Crippen LogP contribution in [0.2, 0.25) is 0 Å². The van der Waals surface area contributed by atoms with E-state index < -0.39 is 0 Å². The van der Waals surface area contributed by atoms with Crippen molar-refractivity contribution in [2.24, 2.45) is 5.41 Å². The lowest BCUT2D eigenvalue weighted by molar-refractivity contribution is 0.145. The summed E-state index contributed by atoms with van der Waals surface area (Å²) in [6, 6.07) is 0. The maximum atomic E-state index is 5.28. The molecule has 0 amide bonds. The molecule has 0 aliphatic rings. The molecule has 19 heavy (non-hydrogen) atoms. The van der Waals surface area contributed by atoms with E-state index >= 15 is 0 Å². The number of hydrogen-bond acceptors (Lipinski definition) is 2. The lowest BCUT2D eigenvalue weighted by Gasteiger charge is -2.25. The molecule has 0 unspecified atom stereocenters. The van der Waals surface area contributed by atoms with E-state index in [1.807, 2.05) is 6.92 Å². The van der Waals surface area contributed by atoms with Gasteiger partial charge in [-0.05, 0) is 37.4 Å². The van der Waals surface area contributed by atoms with Gasteiger partial charge in [0.25, 0.3) is 0 Å². The van der Waals surface area contributed by atoms with E-state index in [1.54, 1.807) is 0 Å². The molecule has 0 aromatic heterocycles. The first-order chi connectivity index (χ1) is 9.02. The van der Waals surface area contributed by atoms with Crippen LogP contribution in [-0.4, -0.2) is 31.4 Å². The summed E-state index contributed by atoms with van der Waals surface area (Å²) in [5, 5.41) is 7.31. The van der Waals surface area contributed by atoms with Gasteiger partial charge in [0.1, 0.15) is 0 Å². The highest BCUT2D eigenvalue weighted by atomic mass is 32.1. The number of rotatable bonds is 11. The SMILES string of the molecule is CCCCCC(C)(C)CNC(=S)NCCCOCC. The van der Waals surface area contributed by atoms with Crippen LogP contribution in [0.4, 0.5) is 0 Å². The van der Waals surface area contributed by atoms with Crippen molar-refractivity contribution in [2.45, 2.75) is 59.8 Å². The Morgan fingerprint density at radius 3 is 2.47 bits per heavy atom. The number of thiocarbonyl (C=S) groups is 1. The van der Waals surface area contributed by atoms with E-state index in [0.717, 1.165) is 37.8 Å². The van der Waals surface area contributed by atoms with Crippen molar-refractivity contribution < 1.29 is 4.74 Å². The molecule has 114 valence electrons.